The molecule has 1 heterocycles. The van der Waals surface area contributed by atoms with Gasteiger partial charge >= 0.3 is 0 Å². The summed E-state index contributed by atoms with van der Waals surface area (Å²) in [5.74, 6) is 1.91. The summed E-state index contributed by atoms with van der Waals surface area (Å²) in [4.78, 5) is 8.01. The molecule has 4 nitrogen and oxygen atoms in total. The fourth-order valence-corrected chi connectivity index (χ4v) is 3.75. The molecule has 0 radical (unpaired) electrons. The minimum Gasteiger partial charge on any atom is -0.489 e. The van der Waals surface area contributed by atoms with Crippen molar-refractivity contribution in [3.8, 4) is 5.75 Å². The van der Waals surface area contributed by atoms with E-state index < -0.39 is 0 Å². The molecule has 0 amide bonds. The van der Waals surface area contributed by atoms with Crippen LogP contribution in [0.2, 0.25) is 0 Å². The molecule has 1 aromatic heterocycles. The minimum absolute atomic E-state index is 0.565. The van der Waals surface area contributed by atoms with Gasteiger partial charge in [0.15, 0.2) is 0 Å². The quantitative estimate of drug-likeness (QED) is 0.347. The molecule has 3 aromatic carbocycles. The Bertz CT molecular complexity index is 1070. The molecule has 0 atom stereocenters. The lowest BCUT2D eigenvalue weighted by Crippen LogP contribution is -2.18. The van der Waals surface area contributed by atoms with E-state index in [4.69, 9.17) is 4.74 Å². The number of ether oxygens (including phenoxy) is 1. The first-order valence-electron chi connectivity index (χ1n) is 9.78. The largest absolute Gasteiger partial charge is 0.489 e. The van der Waals surface area contributed by atoms with Crippen LogP contribution in [0.5, 0.6) is 5.75 Å². The van der Waals surface area contributed by atoms with Gasteiger partial charge in [-0.05, 0) is 42.8 Å². The first kappa shape index (κ1) is 19.7. The second-order valence-electron chi connectivity index (χ2n) is 7.16. The number of benzene rings is 3. The number of aromatic nitrogens is 2. The zero-order valence-electron chi connectivity index (χ0n) is 16.4. The number of nitrogens with one attached hydrogen (secondary N) is 2. The molecular formula is C24H24BrN3O. The maximum Gasteiger partial charge on any atom is 0.124 e. The van der Waals surface area contributed by atoms with Crippen LogP contribution in [0.1, 0.15) is 22.5 Å². The summed E-state index contributed by atoms with van der Waals surface area (Å²) in [5, 5.41) is 3.51. The highest BCUT2D eigenvalue weighted by molar-refractivity contribution is 9.10. The summed E-state index contributed by atoms with van der Waals surface area (Å²) >= 11 is 3.57. The summed E-state index contributed by atoms with van der Waals surface area (Å²) in [6.07, 6.45) is 0.849. The number of H-pyrrole nitrogens is 1. The Morgan fingerprint density at radius 3 is 2.79 bits per heavy atom. The number of para-hydroxylation sites is 2. The summed E-state index contributed by atoms with van der Waals surface area (Å²) in [6, 6.07) is 22.7. The van der Waals surface area contributed by atoms with E-state index in [1.165, 1.54) is 11.1 Å². The van der Waals surface area contributed by atoms with Crippen LogP contribution in [0, 0.1) is 6.92 Å². The number of imidazole rings is 1. The minimum atomic E-state index is 0.565. The number of halogens is 1. The third kappa shape index (κ3) is 5.25. The Kier molecular flexibility index (Phi) is 6.27. The van der Waals surface area contributed by atoms with Crippen molar-refractivity contribution < 1.29 is 4.74 Å². The molecule has 4 rings (SSSR count). The van der Waals surface area contributed by atoms with Gasteiger partial charge in [0.05, 0.1) is 11.0 Å². The van der Waals surface area contributed by atoms with E-state index in [1.807, 2.05) is 30.3 Å². The van der Waals surface area contributed by atoms with Gasteiger partial charge in [-0.3, -0.25) is 0 Å². The predicted octanol–water partition coefficient (Wildman–Crippen LogP) is 5.55. The van der Waals surface area contributed by atoms with Gasteiger partial charge in [0.1, 0.15) is 18.2 Å². The van der Waals surface area contributed by atoms with E-state index in [0.717, 1.165) is 52.2 Å². The molecule has 0 bridgehead atoms. The molecule has 2 N–H and O–H groups in total. The van der Waals surface area contributed by atoms with Crippen LogP contribution in [-0.2, 0) is 19.6 Å². The van der Waals surface area contributed by atoms with Crippen LogP contribution in [0.4, 0.5) is 0 Å². The number of fused-ring (bicyclic) bond motifs is 1. The van der Waals surface area contributed by atoms with Crippen LogP contribution in [0.3, 0.4) is 0 Å². The second kappa shape index (κ2) is 9.25. The molecule has 0 saturated carbocycles. The van der Waals surface area contributed by atoms with E-state index in [9.17, 15) is 0 Å². The Labute approximate surface area is 179 Å². The van der Waals surface area contributed by atoms with E-state index in [-0.39, 0.29) is 0 Å². The van der Waals surface area contributed by atoms with Gasteiger partial charge in [-0.15, -0.1) is 0 Å². The number of aryl methyl sites for hydroxylation is 1. The average Bonchev–Trinajstić information content (AvgIpc) is 3.13. The maximum absolute atomic E-state index is 6.11. The molecule has 0 fully saturated rings. The average molecular weight is 450 g/mol. The first-order valence-corrected chi connectivity index (χ1v) is 10.6. The third-order valence-electron chi connectivity index (χ3n) is 4.79. The third-order valence-corrected chi connectivity index (χ3v) is 5.29. The lowest BCUT2D eigenvalue weighted by atomic mass is 10.1. The Balaban J connectivity index is 1.34. The number of aromatic amines is 1. The van der Waals surface area contributed by atoms with Crippen molar-refractivity contribution in [1.82, 2.24) is 15.3 Å². The van der Waals surface area contributed by atoms with Crippen molar-refractivity contribution in [2.75, 3.05) is 6.54 Å². The second-order valence-corrected chi connectivity index (χ2v) is 8.07. The van der Waals surface area contributed by atoms with Crippen LogP contribution in [0.25, 0.3) is 11.0 Å². The van der Waals surface area contributed by atoms with Gasteiger partial charge in [-0.1, -0.05) is 57.9 Å². The normalized spacial score (nSPS) is 11.1. The molecule has 0 spiro atoms. The van der Waals surface area contributed by atoms with Crippen molar-refractivity contribution in [3.63, 3.8) is 0 Å². The van der Waals surface area contributed by atoms with E-state index in [0.29, 0.717) is 6.61 Å². The van der Waals surface area contributed by atoms with Gasteiger partial charge < -0.3 is 15.0 Å². The molecule has 0 aliphatic heterocycles. The highest BCUT2D eigenvalue weighted by Gasteiger charge is 2.07. The Morgan fingerprint density at radius 2 is 1.93 bits per heavy atom. The fraction of sp³-hybridized carbons (Fsp3) is 0.208. The molecule has 0 aliphatic carbocycles. The molecule has 0 saturated heterocycles. The van der Waals surface area contributed by atoms with Gasteiger partial charge in [0, 0.05) is 29.5 Å². The van der Waals surface area contributed by atoms with Crippen LogP contribution < -0.4 is 10.1 Å². The van der Waals surface area contributed by atoms with Crippen molar-refractivity contribution in [2.45, 2.75) is 26.5 Å². The molecular weight excluding hydrogens is 426 g/mol. The number of hydrogen-bond acceptors (Lipinski definition) is 3. The van der Waals surface area contributed by atoms with Gasteiger partial charge in [0.25, 0.3) is 0 Å². The maximum atomic E-state index is 6.11. The van der Waals surface area contributed by atoms with Crippen LogP contribution in [0.15, 0.2) is 71.2 Å². The van der Waals surface area contributed by atoms with Crippen molar-refractivity contribution >= 4 is 27.0 Å². The van der Waals surface area contributed by atoms with E-state index >= 15 is 0 Å². The predicted molar refractivity (Wildman–Crippen MR) is 121 cm³/mol. The molecule has 148 valence electrons. The Morgan fingerprint density at radius 1 is 1.03 bits per heavy atom. The van der Waals surface area contributed by atoms with Crippen molar-refractivity contribution in [3.05, 3.63) is 93.7 Å². The molecule has 5 heteroatoms. The zero-order chi connectivity index (χ0) is 20.1. The smallest absolute Gasteiger partial charge is 0.124 e. The van der Waals surface area contributed by atoms with Gasteiger partial charge in [0.2, 0.25) is 0 Å². The van der Waals surface area contributed by atoms with Crippen LogP contribution in [-0.4, -0.2) is 16.5 Å². The lowest BCUT2D eigenvalue weighted by Gasteiger charge is -2.13. The lowest BCUT2D eigenvalue weighted by molar-refractivity contribution is 0.302. The van der Waals surface area contributed by atoms with E-state index in [1.54, 1.807) is 0 Å². The van der Waals surface area contributed by atoms with E-state index in [2.05, 4.69) is 74.5 Å². The van der Waals surface area contributed by atoms with Gasteiger partial charge in [-0.2, -0.15) is 0 Å². The number of nitrogens with zero attached hydrogens (tertiary/aromatic N) is 1. The summed E-state index contributed by atoms with van der Waals surface area (Å²) < 4.78 is 7.16. The summed E-state index contributed by atoms with van der Waals surface area (Å²) in [5.41, 5.74) is 5.66. The molecule has 4 aromatic rings. The molecule has 0 aliphatic rings. The van der Waals surface area contributed by atoms with Crippen LogP contribution >= 0.6 is 15.9 Å². The standard InChI is InChI=1S/C24H24BrN3O/c1-17-5-4-6-18(13-17)16-29-23-10-9-20(25)14-19(23)15-26-12-11-24-27-21-7-2-3-8-22(21)28-24/h2-10,13-14,26H,11-12,15-16H2,1H3,(H,27,28). The van der Waals surface area contributed by atoms with Crippen molar-refractivity contribution in [1.29, 1.82) is 0 Å². The topological polar surface area (TPSA) is 49.9 Å². The zero-order valence-corrected chi connectivity index (χ0v) is 18.0. The highest BCUT2D eigenvalue weighted by Crippen LogP contribution is 2.24. The highest BCUT2D eigenvalue weighted by atomic mass is 79.9. The molecule has 29 heavy (non-hydrogen) atoms. The SMILES string of the molecule is Cc1cccc(COc2ccc(Br)cc2CNCCc2nc3ccccc3[nH]2)c1. The first-order chi connectivity index (χ1) is 14.2. The monoisotopic (exact) mass is 449 g/mol. The Hall–Kier alpha value is -2.63. The van der Waals surface area contributed by atoms with Gasteiger partial charge in [-0.25, -0.2) is 4.98 Å². The summed E-state index contributed by atoms with van der Waals surface area (Å²) in [7, 11) is 0. The fourth-order valence-electron chi connectivity index (χ4n) is 3.34. The number of hydrogen-bond donors (Lipinski definition) is 2. The number of rotatable bonds is 8. The molecule has 0 unspecified atom stereocenters. The summed E-state index contributed by atoms with van der Waals surface area (Å²) in [6.45, 7) is 4.24. The van der Waals surface area contributed by atoms with Crippen molar-refractivity contribution in [2.24, 2.45) is 0 Å².